The predicted octanol–water partition coefficient (Wildman–Crippen LogP) is 2.54. The summed E-state index contributed by atoms with van der Waals surface area (Å²) >= 11 is 0. The Morgan fingerprint density at radius 2 is 2.27 bits per heavy atom. The highest BCUT2D eigenvalue weighted by molar-refractivity contribution is 5.23. The smallest absolute Gasteiger partial charge is 0.165 e. The summed E-state index contributed by atoms with van der Waals surface area (Å²) in [4.78, 5) is 6.68. The molecule has 0 aliphatic carbocycles. The first-order chi connectivity index (χ1) is 10.7. The minimum atomic E-state index is -0.300. The van der Waals surface area contributed by atoms with Gasteiger partial charge in [-0.05, 0) is 38.4 Å². The van der Waals surface area contributed by atoms with E-state index in [9.17, 15) is 4.39 Å². The lowest BCUT2D eigenvalue weighted by Crippen LogP contribution is -2.37. The molecular weight excluding hydrogens is 283 g/mol. The van der Waals surface area contributed by atoms with Crippen molar-refractivity contribution >= 4 is 0 Å². The van der Waals surface area contributed by atoms with Crippen LogP contribution < -0.4 is 4.74 Å². The summed E-state index contributed by atoms with van der Waals surface area (Å²) in [5, 5.41) is 7.05. The van der Waals surface area contributed by atoms with E-state index in [1.807, 2.05) is 6.92 Å². The first-order valence-corrected chi connectivity index (χ1v) is 7.68. The molecule has 1 aromatic heterocycles. The van der Waals surface area contributed by atoms with Gasteiger partial charge in [-0.25, -0.2) is 9.37 Å². The van der Waals surface area contributed by atoms with Crippen LogP contribution in [0.4, 0.5) is 4.39 Å². The van der Waals surface area contributed by atoms with Crippen LogP contribution in [0.15, 0.2) is 24.3 Å². The second-order valence-corrected chi connectivity index (χ2v) is 5.82. The number of benzene rings is 1. The van der Waals surface area contributed by atoms with Crippen molar-refractivity contribution in [2.75, 3.05) is 19.7 Å². The number of H-pyrrole nitrogens is 1. The number of para-hydroxylation sites is 1. The number of aromatic nitrogens is 3. The molecule has 1 fully saturated rings. The van der Waals surface area contributed by atoms with Gasteiger partial charge in [-0.3, -0.25) is 10.00 Å². The van der Waals surface area contributed by atoms with E-state index >= 15 is 0 Å². The molecule has 0 spiro atoms. The third kappa shape index (κ3) is 3.82. The van der Waals surface area contributed by atoms with Gasteiger partial charge in [-0.2, -0.15) is 5.10 Å². The molecule has 0 amide bonds. The van der Waals surface area contributed by atoms with Crippen molar-refractivity contribution in [3.05, 3.63) is 41.7 Å². The van der Waals surface area contributed by atoms with Crippen molar-refractivity contribution in [3.63, 3.8) is 0 Å². The average Bonchev–Trinajstić information content (AvgIpc) is 2.92. The quantitative estimate of drug-likeness (QED) is 0.922. The molecule has 22 heavy (non-hydrogen) atoms. The largest absolute Gasteiger partial charge is 0.490 e. The number of aromatic amines is 1. The van der Waals surface area contributed by atoms with Gasteiger partial charge in [0.2, 0.25) is 0 Å². The monoisotopic (exact) mass is 304 g/mol. The van der Waals surface area contributed by atoms with Crippen LogP contribution in [0.1, 0.15) is 24.5 Å². The fourth-order valence-electron chi connectivity index (χ4n) is 2.86. The SMILES string of the molecule is Cc1nc(CN2CCCC(COc3ccccc3F)C2)n[nH]1. The molecule has 1 N–H and O–H groups in total. The molecule has 1 unspecified atom stereocenters. The van der Waals surface area contributed by atoms with Gasteiger partial charge < -0.3 is 4.74 Å². The first kappa shape index (κ1) is 15.0. The molecule has 1 aromatic carbocycles. The lowest BCUT2D eigenvalue weighted by Gasteiger charge is -2.31. The van der Waals surface area contributed by atoms with Crippen LogP contribution >= 0.6 is 0 Å². The van der Waals surface area contributed by atoms with Crippen molar-refractivity contribution in [3.8, 4) is 5.75 Å². The standard InChI is InChI=1S/C16H21FN4O/c1-12-18-16(20-19-12)10-21-8-4-5-13(9-21)11-22-15-7-3-2-6-14(15)17/h2-3,6-7,13H,4-5,8-11H2,1H3,(H,18,19,20). The summed E-state index contributed by atoms with van der Waals surface area (Å²) in [5.41, 5.74) is 0. The molecule has 0 saturated carbocycles. The number of piperidine rings is 1. The van der Waals surface area contributed by atoms with Gasteiger partial charge in [0.15, 0.2) is 17.4 Å². The number of halogens is 1. The number of aryl methyl sites for hydroxylation is 1. The average molecular weight is 304 g/mol. The minimum Gasteiger partial charge on any atom is -0.490 e. The van der Waals surface area contributed by atoms with Crippen molar-refractivity contribution in [2.45, 2.75) is 26.3 Å². The molecule has 1 saturated heterocycles. The summed E-state index contributed by atoms with van der Waals surface area (Å²) < 4.78 is 19.2. The molecule has 5 nitrogen and oxygen atoms in total. The van der Waals surface area contributed by atoms with E-state index in [1.165, 1.54) is 6.07 Å². The zero-order chi connectivity index (χ0) is 15.4. The van der Waals surface area contributed by atoms with Crippen LogP contribution in [0.2, 0.25) is 0 Å². The number of nitrogens with one attached hydrogen (secondary N) is 1. The second kappa shape index (κ2) is 6.87. The third-order valence-corrected chi connectivity index (χ3v) is 3.92. The molecule has 1 aliphatic rings. The third-order valence-electron chi connectivity index (χ3n) is 3.92. The number of ether oxygens (including phenoxy) is 1. The van der Waals surface area contributed by atoms with Gasteiger partial charge >= 0.3 is 0 Å². The topological polar surface area (TPSA) is 54.0 Å². The summed E-state index contributed by atoms with van der Waals surface area (Å²) in [6.45, 7) is 5.18. The van der Waals surface area contributed by atoms with Gasteiger partial charge in [0.25, 0.3) is 0 Å². The van der Waals surface area contributed by atoms with Crippen LogP contribution in [0.25, 0.3) is 0 Å². The first-order valence-electron chi connectivity index (χ1n) is 7.68. The van der Waals surface area contributed by atoms with Gasteiger partial charge in [-0.15, -0.1) is 0 Å². The van der Waals surface area contributed by atoms with E-state index in [4.69, 9.17) is 4.74 Å². The van der Waals surface area contributed by atoms with Crippen molar-refractivity contribution in [1.82, 2.24) is 20.1 Å². The van der Waals surface area contributed by atoms with Crippen LogP contribution in [-0.2, 0) is 6.54 Å². The molecule has 118 valence electrons. The van der Waals surface area contributed by atoms with Crippen LogP contribution in [-0.4, -0.2) is 39.8 Å². The van der Waals surface area contributed by atoms with E-state index in [0.29, 0.717) is 18.3 Å². The maximum Gasteiger partial charge on any atom is 0.165 e. The number of hydrogen-bond donors (Lipinski definition) is 1. The molecule has 6 heteroatoms. The summed E-state index contributed by atoms with van der Waals surface area (Å²) in [7, 11) is 0. The molecule has 0 radical (unpaired) electrons. The number of rotatable bonds is 5. The Balaban J connectivity index is 1.51. The second-order valence-electron chi connectivity index (χ2n) is 5.82. The zero-order valence-corrected chi connectivity index (χ0v) is 12.8. The maximum atomic E-state index is 13.6. The zero-order valence-electron chi connectivity index (χ0n) is 12.8. The Labute approximate surface area is 129 Å². The van der Waals surface area contributed by atoms with E-state index in [1.54, 1.807) is 18.2 Å². The summed E-state index contributed by atoms with van der Waals surface area (Å²) in [5.74, 6) is 2.11. The summed E-state index contributed by atoms with van der Waals surface area (Å²) in [6.07, 6.45) is 2.23. The van der Waals surface area contributed by atoms with E-state index in [-0.39, 0.29) is 5.82 Å². The Kier molecular flexibility index (Phi) is 4.68. The lowest BCUT2D eigenvalue weighted by molar-refractivity contribution is 0.121. The molecule has 1 atom stereocenters. The molecule has 3 rings (SSSR count). The highest BCUT2D eigenvalue weighted by atomic mass is 19.1. The van der Waals surface area contributed by atoms with Gasteiger partial charge in [0.1, 0.15) is 5.82 Å². The van der Waals surface area contributed by atoms with Gasteiger partial charge in [-0.1, -0.05) is 12.1 Å². The van der Waals surface area contributed by atoms with Gasteiger partial charge in [0.05, 0.1) is 13.2 Å². The summed E-state index contributed by atoms with van der Waals surface area (Å²) in [6, 6.07) is 6.56. The molecule has 2 aromatic rings. The molecular formula is C16H21FN4O. The Hall–Kier alpha value is -1.95. The maximum absolute atomic E-state index is 13.6. The van der Waals surface area contributed by atoms with E-state index in [2.05, 4.69) is 20.1 Å². The van der Waals surface area contributed by atoms with Crippen molar-refractivity contribution in [1.29, 1.82) is 0 Å². The Morgan fingerprint density at radius 1 is 1.41 bits per heavy atom. The van der Waals surface area contributed by atoms with E-state index < -0.39 is 0 Å². The number of nitrogens with zero attached hydrogens (tertiary/aromatic N) is 3. The van der Waals surface area contributed by atoms with Crippen LogP contribution in [0.3, 0.4) is 0 Å². The predicted molar refractivity (Wildman–Crippen MR) is 81.0 cm³/mol. The Morgan fingerprint density at radius 3 is 3.05 bits per heavy atom. The molecule has 2 heterocycles. The fourth-order valence-corrected chi connectivity index (χ4v) is 2.86. The number of hydrogen-bond acceptors (Lipinski definition) is 4. The highest BCUT2D eigenvalue weighted by Gasteiger charge is 2.22. The van der Waals surface area contributed by atoms with E-state index in [0.717, 1.165) is 44.1 Å². The minimum absolute atomic E-state index is 0.300. The molecule has 0 bridgehead atoms. The van der Waals surface area contributed by atoms with Crippen molar-refractivity contribution < 1.29 is 9.13 Å². The lowest BCUT2D eigenvalue weighted by atomic mass is 9.99. The highest BCUT2D eigenvalue weighted by Crippen LogP contribution is 2.21. The van der Waals surface area contributed by atoms with Crippen LogP contribution in [0.5, 0.6) is 5.75 Å². The Bertz CT molecular complexity index is 616. The number of likely N-dealkylation sites (tertiary alicyclic amines) is 1. The van der Waals surface area contributed by atoms with Crippen molar-refractivity contribution in [2.24, 2.45) is 5.92 Å². The fraction of sp³-hybridized carbons (Fsp3) is 0.500. The normalized spacial score (nSPS) is 19.3. The van der Waals surface area contributed by atoms with Gasteiger partial charge in [0, 0.05) is 12.5 Å². The molecule has 1 aliphatic heterocycles. The van der Waals surface area contributed by atoms with Crippen LogP contribution in [0, 0.1) is 18.7 Å².